The number of nitrogens with zero attached hydrogens (tertiary/aromatic N) is 1. The van der Waals surface area contributed by atoms with Crippen LogP contribution in [0.2, 0.25) is 0 Å². The molecule has 5 heteroatoms. The van der Waals surface area contributed by atoms with Gasteiger partial charge in [-0.25, -0.2) is 0 Å². The van der Waals surface area contributed by atoms with Gasteiger partial charge in [0.25, 0.3) is 0 Å². The van der Waals surface area contributed by atoms with E-state index in [4.69, 9.17) is 13.9 Å². The molecule has 0 spiro atoms. The van der Waals surface area contributed by atoms with E-state index in [2.05, 4.69) is 0 Å². The fraction of sp³-hybridized carbons (Fsp3) is 0.316. The summed E-state index contributed by atoms with van der Waals surface area (Å²) in [7, 11) is 3.19. The molecule has 2 rings (SSSR count). The van der Waals surface area contributed by atoms with Crippen LogP contribution in [0.15, 0.2) is 40.8 Å². The van der Waals surface area contributed by atoms with E-state index in [1.807, 2.05) is 44.2 Å². The third-order valence-electron chi connectivity index (χ3n) is 3.67. The van der Waals surface area contributed by atoms with Gasteiger partial charge < -0.3 is 18.8 Å². The lowest BCUT2D eigenvalue weighted by atomic mass is 10.2. The van der Waals surface area contributed by atoms with Gasteiger partial charge in [0.1, 0.15) is 11.5 Å². The highest BCUT2D eigenvalue weighted by Crippen LogP contribution is 2.28. The maximum absolute atomic E-state index is 12.4. The summed E-state index contributed by atoms with van der Waals surface area (Å²) >= 11 is 0. The van der Waals surface area contributed by atoms with Crippen molar-refractivity contribution in [1.29, 1.82) is 0 Å². The number of furan rings is 1. The van der Waals surface area contributed by atoms with Crippen LogP contribution < -0.4 is 9.47 Å². The summed E-state index contributed by atoms with van der Waals surface area (Å²) in [6, 6.07) is 9.36. The Bertz CT molecular complexity index is 718. The molecule has 0 saturated carbocycles. The molecule has 0 unspecified atom stereocenters. The summed E-state index contributed by atoms with van der Waals surface area (Å²) in [5.41, 5.74) is 0.977. The predicted molar refractivity (Wildman–Crippen MR) is 93.1 cm³/mol. The number of hydrogen-bond acceptors (Lipinski definition) is 4. The topological polar surface area (TPSA) is 51.9 Å². The van der Waals surface area contributed by atoms with Gasteiger partial charge in [-0.15, -0.1) is 0 Å². The van der Waals surface area contributed by atoms with Gasteiger partial charge in [0, 0.05) is 19.2 Å². The van der Waals surface area contributed by atoms with Crippen molar-refractivity contribution in [3.63, 3.8) is 0 Å². The molecular formula is C19H23NO4. The van der Waals surface area contributed by atoms with Crippen LogP contribution in [0, 0.1) is 6.92 Å². The number of carbonyl (C=O) groups is 1. The number of hydrogen-bond donors (Lipinski definition) is 0. The molecule has 0 aliphatic carbocycles. The molecule has 2 aromatic rings. The summed E-state index contributed by atoms with van der Waals surface area (Å²) in [6.07, 6.45) is 3.22. The van der Waals surface area contributed by atoms with E-state index < -0.39 is 0 Å². The van der Waals surface area contributed by atoms with Crippen molar-refractivity contribution < 1.29 is 18.7 Å². The maximum atomic E-state index is 12.4. The molecule has 1 heterocycles. The summed E-state index contributed by atoms with van der Waals surface area (Å²) < 4.78 is 16.0. The SMILES string of the molecule is CCN(Cc1ccc(OC)c(OC)c1)C(=O)/C=C/c1ccc(C)o1. The number of amides is 1. The second-order valence-electron chi connectivity index (χ2n) is 5.32. The first-order valence-electron chi connectivity index (χ1n) is 7.81. The number of rotatable bonds is 7. The number of likely N-dealkylation sites (N-methyl/N-ethyl adjacent to an activating group) is 1. The van der Waals surface area contributed by atoms with Crippen LogP contribution >= 0.6 is 0 Å². The largest absolute Gasteiger partial charge is 0.493 e. The molecule has 1 aromatic heterocycles. The molecule has 0 saturated heterocycles. The van der Waals surface area contributed by atoms with Crippen molar-refractivity contribution in [3.05, 3.63) is 53.5 Å². The second-order valence-corrected chi connectivity index (χ2v) is 5.32. The smallest absolute Gasteiger partial charge is 0.246 e. The minimum atomic E-state index is -0.0682. The van der Waals surface area contributed by atoms with Gasteiger partial charge in [-0.3, -0.25) is 4.79 Å². The Morgan fingerprint density at radius 3 is 2.50 bits per heavy atom. The first-order valence-corrected chi connectivity index (χ1v) is 7.81. The second kappa shape index (κ2) is 8.24. The van der Waals surface area contributed by atoms with E-state index in [9.17, 15) is 4.79 Å². The average molecular weight is 329 g/mol. The molecule has 0 aliphatic heterocycles. The molecule has 24 heavy (non-hydrogen) atoms. The molecule has 1 amide bonds. The quantitative estimate of drug-likeness (QED) is 0.727. The number of benzene rings is 1. The molecule has 0 atom stereocenters. The zero-order chi connectivity index (χ0) is 17.5. The van der Waals surface area contributed by atoms with Crippen LogP contribution in [0.3, 0.4) is 0 Å². The van der Waals surface area contributed by atoms with E-state index >= 15 is 0 Å². The minimum absolute atomic E-state index is 0.0682. The monoisotopic (exact) mass is 329 g/mol. The van der Waals surface area contributed by atoms with E-state index in [1.54, 1.807) is 25.2 Å². The lowest BCUT2D eigenvalue weighted by Crippen LogP contribution is -2.28. The van der Waals surface area contributed by atoms with Gasteiger partial charge in [0.2, 0.25) is 5.91 Å². The molecule has 0 fully saturated rings. The van der Waals surface area contributed by atoms with Crippen molar-refractivity contribution in [2.24, 2.45) is 0 Å². The predicted octanol–water partition coefficient (Wildman–Crippen LogP) is 3.67. The zero-order valence-electron chi connectivity index (χ0n) is 14.5. The van der Waals surface area contributed by atoms with Crippen LogP contribution in [0.5, 0.6) is 11.5 Å². The van der Waals surface area contributed by atoms with Crippen molar-refractivity contribution in [1.82, 2.24) is 4.90 Å². The molecule has 0 radical (unpaired) electrons. The molecule has 5 nitrogen and oxygen atoms in total. The number of carbonyl (C=O) groups excluding carboxylic acids is 1. The number of ether oxygens (including phenoxy) is 2. The van der Waals surface area contributed by atoms with E-state index in [-0.39, 0.29) is 5.91 Å². The van der Waals surface area contributed by atoms with E-state index in [1.165, 1.54) is 6.08 Å². The van der Waals surface area contributed by atoms with Crippen LogP contribution in [0.1, 0.15) is 24.0 Å². The normalized spacial score (nSPS) is 10.8. The number of aryl methyl sites for hydroxylation is 1. The molecule has 0 bridgehead atoms. The lowest BCUT2D eigenvalue weighted by molar-refractivity contribution is -0.126. The van der Waals surface area contributed by atoms with Gasteiger partial charge in [-0.1, -0.05) is 6.07 Å². The fourth-order valence-corrected chi connectivity index (χ4v) is 2.35. The Labute approximate surface area is 142 Å². The molecule has 1 aromatic carbocycles. The van der Waals surface area contributed by atoms with E-state index in [0.29, 0.717) is 30.3 Å². The van der Waals surface area contributed by atoms with Crippen molar-refractivity contribution in [2.45, 2.75) is 20.4 Å². The lowest BCUT2D eigenvalue weighted by Gasteiger charge is -2.20. The highest BCUT2D eigenvalue weighted by Gasteiger charge is 2.11. The van der Waals surface area contributed by atoms with E-state index in [0.717, 1.165) is 11.3 Å². The van der Waals surface area contributed by atoms with Crippen molar-refractivity contribution in [3.8, 4) is 11.5 Å². The third kappa shape index (κ3) is 4.41. The Hall–Kier alpha value is -2.69. The van der Waals surface area contributed by atoms with Crippen LogP contribution in [-0.2, 0) is 11.3 Å². The zero-order valence-corrected chi connectivity index (χ0v) is 14.5. The Morgan fingerprint density at radius 1 is 1.17 bits per heavy atom. The third-order valence-corrected chi connectivity index (χ3v) is 3.67. The summed E-state index contributed by atoms with van der Waals surface area (Å²) in [5.74, 6) is 2.74. The van der Waals surface area contributed by atoms with Crippen LogP contribution in [0.25, 0.3) is 6.08 Å². The Kier molecular flexibility index (Phi) is 6.07. The maximum Gasteiger partial charge on any atom is 0.246 e. The van der Waals surface area contributed by atoms with Gasteiger partial charge in [-0.05, 0) is 49.8 Å². The highest BCUT2D eigenvalue weighted by atomic mass is 16.5. The highest BCUT2D eigenvalue weighted by molar-refractivity contribution is 5.91. The minimum Gasteiger partial charge on any atom is -0.493 e. The van der Waals surface area contributed by atoms with Crippen LogP contribution in [-0.4, -0.2) is 31.6 Å². The number of methoxy groups -OCH3 is 2. The van der Waals surface area contributed by atoms with Crippen molar-refractivity contribution >= 4 is 12.0 Å². The molecular weight excluding hydrogens is 306 g/mol. The van der Waals surface area contributed by atoms with Gasteiger partial charge in [-0.2, -0.15) is 0 Å². The molecule has 128 valence electrons. The Morgan fingerprint density at radius 2 is 1.92 bits per heavy atom. The van der Waals surface area contributed by atoms with Gasteiger partial charge in [0.15, 0.2) is 11.5 Å². The van der Waals surface area contributed by atoms with Crippen molar-refractivity contribution in [2.75, 3.05) is 20.8 Å². The van der Waals surface area contributed by atoms with Crippen LogP contribution in [0.4, 0.5) is 0 Å². The van der Waals surface area contributed by atoms with Gasteiger partial charge in [0.05, 0.1) is 14.2 Å². The Balaban J connectivity index is 2.08. The van der Waals surface area contributed by atoms with Gasteiger partial charge >= 0.3 is 0 Å². The summed E-state index contributed by atoms with van der Waals surface area (Å²) in [5, 5.41) is 0. The summed E-state index contributed by atoms with van der Waals surface area (Å²) in [4.78, 5) is 14.1. The first kappa shape index (κ1) is 17.7. The summed E-state index contributed by atoms with van der Waals surface area (Å²) in [6.45, 7) is 4.92. The molecule has 0 N–H and O–H groups in total. The average Bonchev–Trinajstić information content (AvgIpc) is 3.02. The first-order chi connectivity index (χ1) is 11.6. The molecule has 0 aliphatic rings. The fourth-order valence-electron chi connectivity index (χ4n) is 2.35. The standard InChI is InChI=1S/C19H23NO4/c1-5-20(19(21)11-9-16-8-6-14(2)24-16)13-15-7-10-17(22-3)18(12-15)23-4/h6-12H,5,13H2,1-4H3/b11-9+.